The van der Waals surface area contributed by atoms with Gasteiger partial charge in [0.1, 0.15) is 0 Å². The summed E-state index contributed by atoms with van der Waals surface area (Å²) in [6, 6.07) is 4.41. The molecule has 8 heteroatoms. The molecule has 0 aliphatic heterocycles. The Bertz CT molecular complexity index is 629. The van der Waals surface area contributed by atoms with Crippen molar-refractivity contribution < 1.29 is 4.92 Å². The first-order valence-corrected chi connectivity index (χ1v) is 7.00. The molecule has 7 nitrogen and oxygen atoms in total. The van der Waals surface area contributed by atoms with E-state index in [1.54, 1.807) is 10.7 Å². The maximum absolute atomic E-state index is 10.7. The lowest BCUT2D eigenvalue weighted by Gasteiger charge is -2.03. The van der Waals surface area contributed by atoms with Gasteiger partial charge in [0.2, 0.25) is 0 Å². The minimum absolute atomic E-state index is 0.0233. The lowest BCUT2D eigenvalue weighted by molar-refractivity contribution is -0.384. The first-order valence-electron chi connectivity index (χ1n) is 6.62. The molecule has 2 N–H and O–H groups in total. The number of unbranched alkanes of at least 4 members (excludes halogenated alkanes) is 1. The molecule has 0 saturated carbocycles. The number of hydrogen-bond donors (Lipinski definition) is 1. The topological polar surface area (TPSA) is 99.9 Å². The number of nitro groups is 1. The number of nitrogens with two attached hydrogens (primary N) is 1. The quantitative estimate of drug-likeness (QED) is 0.480. The highest BCUT2D eigenvalue weighted by atomic mass is 35.5. The minimum atomic E-state index is -0.472. The number of non-ortho nitro benzene ring substituents is 1. The van der Waals surface area contributed by atoms with E-state index < -0.39 is 4.92 Å². The third kappa shape index (κ3) is 4.24. The van der Waals surface area contributed by atoms with Gasteiger partial charge in [0.05, 0.1) is 22.2 Å². The summed E-state index contributed by atoms with van der Waals surface area (Å²) in [5.41, 5.74) is 7.09. The monoisotopic (exact) mass is 309 g/mol. The molecular formula is C13H16ClN5O2. The minimum Gasteiger partial charge on any atom is -0.330 e. The van der Waals surface area contributed by atoms with E-state index in [-0.39, 0.29) is 5.69 Å². The van der Waals surface area contributed by atoms with Gasteiger partial charge in [0, 0.05) is 18.3 Å². The van der Waals surface area contributed by atoms with Gasteiger partial charge in [-0.25, -0.2) is 4.68 Å². The fraction of sp³-hybridized carbons (Fsp3) is 0.385. The van der Waals surface area contributed by atoms with E-state index in [0.29, 0.717) is 18.1 Å². The fourth-order valence-electron chi connectivity index (χ4n) is 1.93. The first-order chi connectivity index (χ1) is 10.1. The van der Waals surface area contributed by atoms with Crippen molar-refractivity contribution in [2.75, 3.05) is 6.54 Å². The zero-order valence-corrected chi connectivity index (χ0v) is 12.2. The average Bonchev–Trinajstić information content (AvgIpc) is 2.89. The van der Waals surface area contributed by atoms with Crippen molar-refractivity contribution in [3.63, 3.8) is 0 Å². The van der Waals surface area contributed by atoms with Crippen LogP contribution >= 0.6 is 11.6 Å². The van der Waals surface area contributed by atoms with Gasteiger partial charge in [-0.05, 0) is 37.4 Å². The molecule has 0 aliphatic carbocycles. The summed E-state index contributed by atoms with van der Waals surface area (Å²) in [7, 11) is 0. The first kappa shape index (κ1) is 15.4. The zero-order valence-electron chi connectivity index (χ0n) is 11.4. The Morgan fingerprint density at radius 3 is 2.86 bits per heavy atom. The number of hydrogen-bond acceptors (Lipinski definition) is 5. The number of nitrogens with zero attached hydrogens (tertiary/aromatic N) is 4. The SMILES string of the molecule is NCCCCc1cn(Cc2ccc([N+](=O)[O-])cc2Cl)nn1. The van der Waals surface area contributed by atoms with Gasteiger partial charge >= 0.3 is 0 Å². The average molecular weight is 310 g/mol. The Labute approximate surface area is 126 Å². The smallest absolute Gasteiger partial charge is 0.270 e. The number of nitro benzene ring substituents is 1. The highest BCUT2D eigenvalue weighted by Crippen LogP contribution is 2.23. The highest BCUT2D eigenvalue weighted by molar-refractivity contribution is 6.31. The van der Waals surface area contributed by atoms with Gasteiger partial charge in [-0.3, -0.25) is 10.1 Å². The standard InChI is InChI=1S/C13H16ClN5O2/c14-13-7-12(19(20)21)5-4-10(13)8-18-9-11(16-17-18)3-1-2-6-15/h4-5,7,9H,1-3,6,8,15H2. The van der Waals surface area contributed by atoms with Gasteiger partial charge in [0.15, 0.2) is 0 Å². The van der Waals surface area contributed by atoms with Crippen LogP contribution in [0.2, 0.25) is 5.02 Å². The molecule has 2 rings (SSSR count). The predicted octanol–water partition coefficient (Wildman–Crippen LogP) is 2.17. The normalized spacial score (nSPS) is 10.8. The van der Waals surface area contributed by atoms with Crippen LogP contribution in [0.3, 0.4) is 0 Å². The fourth-order valence-corrected chi connectivity index (χ4v) is 2.17. The van der Waals surface area contributed by atoms with Crippen LogP contribution in [0.25, 0.3) is 0 Å². The number of rotatable bonds is 7. The Kier molecular flexibility index (Phi) is 5.24. The highest BCUT2D eigenvalue weighted by Gasteiger charge is 2.10. The van der Waals surface area contributed by atoms with Crippen LogP contribution in [0.5, 0.6) is 0 Å². The maximum Gasteiger partial charge on any atom is 0.270 e. The van der Waals surface area contributed by atoms with Gasteiger partial charge < -0.3 is 5.73 Å². The van der Waals surface area contributed by atoms with E-state index in [1.165, 1.54) is 12.1 Å². The van der Waals surface area contributed by atoms with E-state index in [2.05, 4.69) is 10.3 Å². The molecule has 0 amide bonds. The van der Waals surface area contributed by atoms with E-state index in [1.807, 2.05) is 6.20 Å². The van der Waals surface area contributed by atoms with E-state index >= 15 is 0 Å². The van der Waals surface area contributed by atoms with E-state index in [4.69, 9.17) is 17.3 Å². The van der Waals surface area contributed by atoms with Crippen molar-refractivity contribution in [3.05, 3.63) is 50.8 Å². The summed E-state index contributed by atoms with van der Waals surface area (Å²) in [5, 5.41) is 19.1. The van der Waals surface area contributed by atoms with Crippen LogP contribution < -0.4 is 5.73 Å². The second-order valence-electron chi connectivity index (χ2n) is 4.69. The lowest BCUT2D eigenvalue weighted by Crippen LogP contribution is -2.01. The molecule has 1 aromatic carbocycles. The van der Waals surface area contributed by atoms with Crippen LogP contribution in [-0.4, -0.2) is 26.5 Å². The second-order valence-corrected chi connectivity index (χ2v) is 5.09. The number of benzene rings is 1. The van der Waals surface area contributed by atoms with Crippen LogP contribution in [0.4, 0.5) is 5.69 Å². The molecule has 0 aliphatic rings. The van der Waals surface area contributed by atoms with Crippen molar-refractivity contribution in [2.45, 2.75) is 25.8 Å². The Morgan fingerprint density at radius 1 is 1.38 bits per heavy atom. The van der Waals surface area contributed by atoms with E-state index in [0.717, 1.165) is 30.5 Å². The van der Waals surface area contributed by atoms with Crippen LogP contribution in [0.15, 0.2) is 24.4 Å². The molecule has 0 radical (unpaired) electrons. The van der Waals surface area contributed by atoms with Crippen LogP contribution in [-0.2, 0) is 13.0 Å². The van der Waals surface area contributed by atoms with Gasteiger partial charge in [-0.1, -0.05) is 16.8 Å². The Balaban J connectivity index is 2.03. The van der Waals surface area contributed by atoms with Crippen molar-refractivity contribution in [3.8, 4) is 0 Å². The molecule has 0 atom stereocenters. The maximum atomic E-state index is 10.7. The third-order valence-corrected chi connectivity index (χ3v) is 3.40. The third-order valence-electron chi connectivity index (χ3n) is 3.05. The molecular weight excluding hydrogens is 294 g/mol. The predicted molar refractivity (Wildman–Crippen MR) is 79.2 cm³/mol. The molecule has 0 bridgehead atoms. The molecule has 0 unspecified atom stereocenters. The second kappa shape index (κ2) is 7.14. The number of halogens is 1. The van der Waals surface area contributed by atoms with Crippen molar-refractivity contribution in [1.82, 2.24) is 15.0 Å². The summed E-state index contributed by atoms with van der Waals surface area (Å²) in [4.78, 5) is 10.2. The van der Waals surface area contributed by atoms with Crippen LogP contribution in [0.1, 0.15) is 24.1 Å². The molecule has 21 heavy (non-hydrogen) atoms. The summed E-state index contributed by atoms with van der Waals surface area (Å²) < 4.78 is 1.67. The molecule has 0 saturated heterocycles. The molecule has 1 aromatic heterocycles. The molecule has 0 spiro atoms. The van der Waals surface area contributed by atoms with E-state index in [9.17, 15) is 10.1 Å². The molecule has 112 valence electrons. The Hall–Kier alpha value is -1.99. The lowest BCUT2D eigenvalue weighted by atomic mass is 10.2. The largest absolute Gasteiger partial charge is 0.330 e. The van der Waals surface area contributed by atoms with Crippen molar-refractivity contribution in [2.24, 2.45) is 5.73 Å². The van der Waals surface area contributed by atoms with Gasteiger partial charge in [-0.15, -0.1) is 5.10 Å². The van der Waals surface area contributed by atoms with Gasteiger partial charge in [0.25, 0.3) is 5.69 Å². The van der Waals surface area contributed by atoms with Crippen molar-refractivity contribution >= 4 is 17.3 Å². The molecule has 2 aromatic rings. The van der Waals surface area contributed by atoms with Crippen molar-refractivity contribution in [1.29, 1.82) is 0 Å². The number of aromatic nitrogens is 3. The molecule has 1 heterocycles. The van der Waals surface area contributed by atoms with Crippen LogP contribution in [0, 0.1) is 10.1 Å². The summed E-state index contributed by atoms with van der Waals surface area (Å²) >= 11 is 6.05. The Morgan fingerprint density at radius 2 is 2.19 bits per heavy atom. The van der Waals surface area contributed by atoms with Gasteiger partial charge in [-0.2, -0.15) is 0 Å². The summed E-state index contributed by atoms with van der Waals surface area (Å²) in [5.74, 6) is 0. The summed E-state index contributed by atoms with van der Waals surface area (Å²) in [6.07, 6.45) is 4.63. The molecule has 0 fully saturated rings. The zero-order chi connectivity index (χ0) is 15.2. The number of aryl methyl sites for hydroxylation is 1. The summed E-state index contributed by atoms with van der Waals surface area (Å²) in [6.45, 7) is 1.10.